The van der Waals surface area contributed by atoms with E-state index in [0.717, 1.165) is 22.3 Å². The average molecular weight is 645 g/mol. The number of aliphatic carboxylic acids is 1. The summed E-state index contributed by atoms with van der Waals surface area (Å²) < 4.78 is 25.1. The number of halogens is 2. The second-order valence-electron chi connectivity index (χ2n) is 12.1. The van der Waals surface area contributed by atoms with E-state index in [4.69, 9.17) is 21.1 Å². The second-order valence-corrected chi connectivity index (χ2v) is 12.5. The Morgan fingerprint density at radius 3 is 2.24 bits per heavy atom. The van der Waals surface area contributed by atoms with Crippen LogP contribution >= 0.6 is 11.6 Å². The normalized spacial score (nSPS) is 15.0. The van der Waals surface area contributed by atoms with Crippen molar-refractivity contribution in [3.8, 4) is 22.6 Å². The van der Waals surface area contributed by atoms with Gasteiger partial charge in [-0.25, -0.2) is 14.0 Å². The van der Waals surface area contributed by atoms with Crippen LogP contribution in [0.4, 0.5) is 9.18 Å². The SMILES string of the molecule is CC(C)(C)OC(=O)N1Cc2cc(Oc3ccc(F)c(Cl)c3)ccc2C[C@H]1C(=O)N[C@@H](Cc1ccc(-c2ccccc2)cc1)C(=O)O. The summed E-state index contributed by atoms with van der Waals surface area (Å²) in [4.78, 5) is 40.7. The zero-order valence-corrected chi connectivity index (χ0v) is 26.4. The lowest BCUT2D eigenvalue weighted by molar-refractivity contribution is -0.142. The Bertz CT molecular complexity index is 1740. The van der Waals surface area contributed by atoms with Crippen LogP contribution < -0.4 is 10.1 Å². The fraction of sp³-hybridized carbons (Fsp3) is 0.250. The summed E-state index contributed by atoms with van der Waals surface area (Å²) in [5.74, 6) is -1.60. The first-order valence-electron chi connectivity index (χ1n) is 14.8. The molecule has 0 aromatic heterocycles. The van der Waals surface area contributed by atoms with Gasteiger partial charge in [-0.05, 0) is 72.9 Å². The van der Waals surface area contributed by atoms with Crippen molar-refractivity contribution < 1.29 is 33.4 Å². The van der Waals surface area contributed by atoms with Crippen LogP contribution in [0.5, 0.6) is 11.5 Å². The lowest BCUT2D eigenvalue weighted by Gasteiger charge is -2.37. The molecule has 1 aliphatic rings. The quantitative estimate of drug-likeness (QED) is 0.207. The lowest BCUT2D eigenvalue weighted by atomic mass is 9.93. The summed E-state index contributed by atoms with van der Waals surface area (Å²) in [6, 6.07) is 24.3. The minimum absolute atomic E-state index is 0.0163. The monoisotopic (exact) mass is 644 g/mol. The Kier molecular flexibility index (Phi) is 9.63. The van der Waals surface area contributed by atoms with E-state index in [1.807, 2.05) is 54.6 Å². The van der Waals surface area contributed by atoms with Crippen LogP contribution in [0.25, 0.3) is 11.1 Å². The van der Waals surface area contributed by atoms with Crippen LogP contribution in [0.1, 0.15) is 37.5 Å². The predicted octanol–water partition coefficient (Wildman–Crippen LogP) is 7.41. The highest BCUT2D eigenvalue weighted by atomic mass is 35.5. The molecule has 2 N–H and O–H groups in total. The molecule has 0 aliphatic carbocycles. The molecule has 0 radical (unpaired) electrons. The molecule has 2 amide bonds. The third kappa shape index (κ3) is 8.03. The summed E-state index contributed by atoms with van der Waals surface area (Å²) in [7, 11) is 0. The van der Waals surface area contributed by atoms with Gasteiger partial charge in [0, 0.05) is 18.9 Å². The molecule has 8 nitrogen and oxygen atoms in total. The van der Waals surface area contributed by atoms with Crippen molar-refractivity contribution in [1.82, 2.24) is 10.2 Å². The van der Waals surface area contributed by atoms with E-state index in [2.05, 4.69) is 5.32 Å². The molecule has 5 rings (SSSR count). The number of carboxylic acid groups (broad SMARTS) is 1. The molecule has 46 heavy (non-hydrogen) atoms. The van der Waals surface area contributed by atoms with E-state index in [0.29, 0.717) is 17.1 Å². The minimum Gasteiger partial charge on any atom is -0.480 e. The van der Waals surface area contributed by atoms with Gasteiger partial charge in [0.15, 0.2) is 0 Å². The van der Waals surface area contributed by atoms with Crippen molar-refractivity contribution in [2.24, 2.45) is 0 Å². The fourth-order valence-corrected chi connectivity index (χ4v) is 5.39. The number of carboxylic acids is 1. The molecule has 0 saturated carbocycles. The van der Waals surface area contributed by atoms with Crippen LogP contribution in [0, 0.1) is 5.82 Å². The highest BCUT2D eigenvalue weighted by Crippen LogP contribution is 2.32. The molecule has 4 aromatic rings. The van der Waals surface area contributed by atoms with Gasteiger partial charge in [-0.15, -0.1) is 0 Å². The maximum atomic E-state index is 13.7. The Balaban J connectivity index is 1.35. The number of nitrogens with zero attached hydrogens (tertiary/aromatic N) is 1. The Morgan fingerprint density at radius 2 is 1.59 bits per heavy atom. The zero-order valence-electron chi connectivity index (χ0n) is 25.6. The standard InChI is InChI=1S/C36H34ClFN2O6/c1-36(2,3)46-35(44)40-21-26-18-27(45-28-15-16-30(38)29(37)20-28)14-13-25(26)19-32(40)33(41)39-31(34(42)43)17-22-9-11-24(12-10-22)23-7-5-4-6-8-23/h4-16,18,20,31-32H,17,19,21H2,1-3H3,(H,39,41)(H,42,43)/t31-,32-/m0/s1. The van der Waals surface area contributed by atoms with Crippen molar-refractivity contribution in [3.05, 3.63) is 119 Å². The van der Waals surface area contributed by atoms with E-state index in [1.54, 1.807) is 39.0 Å². The second kappa shape index (κ2) is 13.6. The van der Waals surface area contributed by atoms with Gasteiger partial charge >= 0.3 is 12.1 Å². The Labute approximate surface area is 271 Å². The van der Waals surface area contributed by atoms with Crippen LogP contribution in [0.2, 0.25) is 5.02 Å². The van der Waals surface area contributed by atoms with E-state index < -0.39 is 41.5 Å². The topological polar surface area (TPSA) is 105 Å². The Morgan fingerprint density at radius 1 is 0.935 bits per heavy atom. The smallest absolute Gasteiger partial charge is 0.411 e. The molecule has 0 bridgehead atoms. The largest absolute Gasteiger partial charge is 0.480 e. The molecule has 1 heterocycles. The maximum Gasteiger partial charge on any atom is 0.411 e. The van der Waals surface area contributed by atoms with Gasteiger partial charge in [0.1, 0.15) is 35.0 Å². The average Bonchev–Trinajstić information content (AvgIpc) is 3.01. The van der Waals surface area contributed by atoms with Gasteiger partial charge in [0.2, 0.25) is 5.91 Å². The van der Waals surface area contributed by atoms with E-state index in [1.165, 1.54) is 23.1 Å². The number of benzene rings is 4. The molecule has 2 atom stereocenters. The lowest BCUT2D eigenvalue weighted by Crippen LogP contribution is -2.56. The number of amides is 2. The van der Waals surface area contributed by atoms with Gasteiger partial charge in [-0.2, -0.15) is 0 Å². The highest BCUT2D eigenvalue weighted by Gasteiger charge is 2.38. The number of fused-ring (bicyclic) bond motifs is 1. The molecule has 10 heteroatoms. The summed E-state index contributed by atoms with van der Waals surface area (Å²) in [6.45, 7) is 5.19. The van der Waals surface area contributed by atoms with Gasteiger partial charge in [-0.3, -0.25) is 9.69 Å². The van der Waals surface area contributed by atoms with Gasteiger partial charge in [-0.1, -0.05) is 72.3 Å². The molecular formula is C36H34ClFN2O6. The van der Waals surface area contributed by atoms with Gasteiger partial charge in [0.05, 0.1) is 11.6 Å². The molecular weight excluding hydrogens is 611 g/mol. The van der Waals surface area contributed by atoms with Crippen molar-refractivity contribution >= 4 is 29.6 Å². The first-order chi connectivity index (χ1) is 21.9. The van der Waals surface area contributed by atoms with E-state index in [9.17, 15) is 23.9 Å². The highest BCUT2D eigenvalue weighted by molar-refractivity contribution is 6.30. The third-order valence-electron chi connectivity index (χ3n) is 7.48. The molecule has 0 saturated heterocycles. The minimum atomic E-state index is -1.23. The molecule has 238 valence electrons. The number of ether oxygens (including phenoxy) is 2. The molecule has 0 unspecified atom stereocenters. The number of nitrogens with one attached hydrogen (secondary N) is 1. The first kappa shape index (κ1) is 32.5. The molecule has 4 aromatic carbocycles. The first-order valence-corrected chi connectivity index (χ1v) is 15.2. The number of hydrogen-bond donors (Lipinski definition) is 2. The number of hydrogen-bond acceptors (Lipinski definition) is 5. The fourth-order valence-electron chi connectivity index (χ4n) is 5.21. The Hall–Kier alpha value is -4.89. The molecule has 0 fully saturated rings. The number of rotatable bonds is 8. The summed E-state index contributed by atoms with van der Waals surface area (Å²) in [6.07, 6.45) is -0.528. The van der Waals surface area contributed by atoms with Crippen LogP contribution in [-0.4, -0.2) is 45.7 Å². The molecule has 1 aliphatic heterocycles. The number of carbonyl (C=O) groups is 3. The third-order valence-corrected chi connectivity index (χ3v) is 7.77. The number of carbonyl (C=O) groups excluding carboxylic acids is 2. The van der Waals surface area contributed by atoms with Crippen LogP contribution in [-0.2, 0) is 33.7 Å². The summed E-state index contributed by atoms with van der Waals surface area (Å²) >= 11 is 5.89. The van der Waals surface area contributed by atoms with E-state index >= 15 is 0 Å². The predicted molar refractivity (Wildman–Crippen MR) is 172 cm³/mol. The van der Waals surface area contributed by atoms with Crippen molar-refractivity contribution in [1.29, 1.82) is 0 Å². The van der Waals surface area contributed by atoms with E-state index in [-0.39, 0.29) is 24.4 Å². The van der Waals surface area contributed by atoms with Crippen molar-refractivity contribution in [2.75, 3.05) is 0 Å². The zero-order chi connectivity index (χ0) is 33.0. The maximum absolute atomic E-state index is 13.7. The van der Waals surface area contributed by atoms with Crippen LogP contribution in [0.15, 0.2) is 91.0 Å². The van der Waals surface area contributed by atoms with Crippen molar-refractivity contribution in [3.63, 3.8) is 0 Å². The van der Waals surface area contributed by atoms with Gasteiger partial charge < -0.3 is 19.9 Å². The summed E-state index contributed by atoms with van der Waals surface area (Å²) in [5.41, 5.74) is 3.43. The summed E-state index contributed by atoms with van der Waals surface area (Å²) in [5, 5.41) is 12.6. The van der Waals surface area contributed by atoms with Crippen molar-refractivity contribution in [2.45, 2.75) is 57.8 Å². The van der Waals surface area contributed by atoms with Gasteiger partial charge in [0.25, 0.3) is 0 Å². The molecule has 0 spiro atoms. The van der Waals surface area contributed by atoms with Crippen LogP contribution in [0.3, 0.4) is 0 Å².